The number of amides is 2. The SMILES string of the molecule is CC1=C(c2nc(-c3cccc(Cl)c3)no2)C(c2cccc(F)c2)NC(=O)N1Cc1ccccc1F. The van der Waals surface area contributed by atoms with Gasteiger partial charge in [-0.2, -0.15) is 4.98 Å². The standard InChI is InChI=1S/C26H19ClF2N4O2/c1-15-22(25-31-24(32-35-25)17-8-4-9-19(27)12-17)23(16-7-5-10-20(28)13-16)30-26(34)33(15)14-18-6-2-3-11-21(18)29/h2-13,23H,14H2,1H3,(H,30,34). The molecule has 0 spiro atoms. The molecule has 1 unspecified atom stereocenters. The molecule has 1 aromatic heterocycles. The van der Waals surface area contributed by atoms with Crippen LogP contribution in [0, 0.1) is 11.6 Å². The van der Waals surface area contributed by atoms with Gasteiger partial charge in [0.1, 0.15) is 11.6 Å². The molecule has 176 valence electrons. The van der Waals surface area contributed by atoms with Gasteiger partial charge in [-0.15, -0.1) is 0 Å². The number of nitrogens with zero attached hydrogens (tertiary/aromatic N) is 3. The lowest BCUT2D eigenvalue weighted by atomic mass is 9.94. The van der Waals surface area contributed by atoms with Crippen molar-refractivity contribution in [2.75, 3.05) is 0 Å². The molecule has 0 saturated heterocycles. The van der Waals surface area contributed by atoms with E-state index in [-0.39, 0.29) is 12.4 Å². The highest BCUT2D eigenvalue weighted by atomic mass is 35.5. The molecular formula is C26H19ClF2N4O2. The molecule has 3 aromatic carbocycles. The van der Waals surface area contributed by atoms with Crippen molar-refractivity contribution in [3.8, 4) is 11.4 Å². The Balaban J connectivity index is 1.62. The normalized spacial score (nSPS) is 15.9. The Morgan fingerprint density at radius 1 is 1.06 bits per heavy atom. The lowest BCUT2D eigenvalue weighted by Gasteiger charge is -2.35. The van der Waals surface area contributed by atoms with E-state index in [0.717, 1.165) is 0 Å². The van der Waals surface area contributed by atoms with E-state index in [1.807, 2.05) is 0 Å². The van der Waals surface area contributed by atoms with Crippen LogP contribution in [-0.2, 0) is 6.54 Å². The predicted molar refractivity (Wildman–Crippen MR) is 127 cm³/mol. The summed E-state index contributed by atoms with van der Waals surface area (Å²) >= 11 is 6.10. The molecule has 4 aromatic rings. The molecule has 35 heavy (non-hydrogen) atoms. The zero-order valence-corrected chi connectivity index (χ0v) is 19.3. The first kappa shape index (κ1) is 22.7. The summed E-state index contributed by atoms with van der Waals surface area (Å²) in [6.45, 7) is 1.70. The quantitative estimate of drug-likeness (QED) is 0.351. The number of halogens is 3. The Morgan fingerprint density at radius 2 is 1.86 bits per heavy atom. The van der Waals surface area contributed by atoms with E-state index in [9.17, 15) is 13.6 Å². The van der Waals surface area contributed by atoms with Crippen LogP contribution in [0.15, 0.2) is 83.0 Å². The topological polar surface area (TPSA) is 71.3 Å². The second-order valence-corrected chi connectivity index (χ2v) is 8.48. The highest BCUT2D eigenvalue weighted by Crippen LogP contribution is 2.38. The minimum Gasteiger partial charge on any atom is -0.334 e. The third-order valence-corrected chi connectivity index (χ3v) is 6.04. The third-order valence-electron chi connectivity index (χ3n) is 5.80. The van der Waals surface area contributed by atoms with Crippen molar-refractivity contribution in [2.45, 2.75) is 19.5 Å². The van der Waals surface area contributed by atoms with Crippen LogP contribution in [0.25, 0.3) is 17.0 Å². The molecule has 6 nitrogen and oxygen atoms in total. The molecule has 0 radical (unpaired) electrons. The largest absolute Gasteiger partial charge is 0.334 e. The molecule has 0 saturated carbocycles. The summed E-state index contributed by atoms with van der Waals surface area (Å²) in [5.74, 6) is -0.431. The van der Waals surface area contributed by atoms with Gasteiger partial charge >= 0.3 is 6.03 Å². The zero-order valence-electron chi connectivity index (χ0n) is 18.5. The molecule has 5 rings (SSSR count). The fourth-order valence-electron chi connectivity index (χ4n) is 4.06. The molecule has 1 atom stereocenters. The predicted octanol–water partition coefficient (Wildman–Crippen LogP) is 6.37. The molecule has 1 aliphatic rings. The van der Waals surface area contributed by atoms with Gasteiger partial charge in [0, 0.05) is 21.8 Å². The second kappa shape index (κ2) is 9.31. The molecule has 2 heterocycles. The number of aromatic nitrogens is 2. The molecule has 2 amide bonds. The number of carbonyl (C=O) groups excluding carboxylic acids is 1. The monoisotopic (exact) mass is 492 g/mol. The van der Waals surface area contributed by atoms with E-state index in [2.05, 4.69) is 15.5 Å². The van der Waals surface area contributed by atoms with Gasteiger partial charge in [-0.05, 0) is 42.8 Å². The minimum atomic E-state index is -0.761. The van der Waals surface area contributed by atoms with E-state index >= 15 is 0 Å². The van der Waals surface area contributed by atoms with Crippen molar-refractivity contribution in [1.29, 1.82) is 0 Å². The first-order chi connectivity index (χ1) is 16.9. The van der Waals surface area contributed by atoms with Gasteiger partial charge in [-0.25, -0.2) is 13.6 Å². The van der Waals surface area contributed by atoms with Gasteiger partial charge in [0.2, 0.25) is 5.82 Å². The average molecular weight is 493 g/mol. The van der Waals surface area contributed by atoms with E-state index < -0.39 is 23.7 Å². The van der Waals surface area contributed by atoms with Crippen LogP contribution in [0.4, 0.5) is 13.6 Å². The lowest BCUT2D eigenvalue weighted by Crippen LogP contribution is -2.45. The van der Waals surface area contributed by atoms with Gasteiger partial charge in [-0.3, -0.25) is 4.90 Å². The van der Waals surface area contributed by atoms with Gasteiger partial charge in [0.25, 0.3) is 5.89 Å². The fourth-order valence-corrected chi connectivity index (χ4v) is 4.25. The number of allylic oxidation sites excluding steroid dienone is 1. The van der Waals surface area contributed by atoms with Crippen LogP contribution in [0.2, 0.25) is 5.02 Å². The van der Waals surface area contributed by atoms with E-state index in [1.54, 1.807) is 61.5 Å². The Labute approximate surface area is 204 Å². The smallest absolute Gasteiger partial charge is 0.322 e. The fraction of sp³-hybridized carbons (Fsp3) is 0.115. The Kier molecular flexibility index (Phi) is 6.05. The van der Waals surface area contributed by atoms with Crippen molar-refractivity contribution in [3.05, 3.63) is 112 Å². The van der Waals surface area contributed by atoms with Crippen LogP contribution in [0.1, 0.15) is 30.0 Å². The highest BCUT2D eigenvalue weighted by Gasteiger charge is 2.36. The van der Waals surface area contributed by atoms with E-state index in [0.29, 0.717) is 38.8 Å². The van der Waals surface area contributed by atoms with Gasteiger partial charge in [0.05, 0.1) is 18.2 Å². The average Bonchev–Trinajstić information content (AvgIpc) is 3.32. The minimum absolute atomic E-state index is 0.0149. The van der Waals surface area contributed by atoms with Gasteiger partial charge in [-0.1, -0.05) is 59.2 Å². The summed E-state index contributed by atoms with van der Waals surface area (Å²) in [7, 11) is 0. The summed E-state index contributed by atoms with van der Waals surface area (Å²) in [5, 5.41) is 7.48. The second-order valence-electron chi connectivity index (χ2n) is 8.05. The van der Waals surface area contributed by atoms with Gasteiger partial charge < -0.3 is 9.84 Å². The van der Waals surface area contributed by atoms with Crippen LogP contribution in [0.5, 0.6) is 0 Å². The van der Waals surface area contributed by atoms with Crippen molar-refractivity contribution >= 4 is 23.2 Å². The van der Waals surface area contributed by atoms with Crippen LogP contribution in [-0.4, -0.2) is 21.1 Å². The molecule has 0 fully saturated rings. The maximum atomic E-state index is 14.4. The van der Waals surface area contributed by atoms with E-state index in [1.165, 1.54) is 23.1 Å². The lowest BCUT2D eigenvalue weighted by molar-refractivity contribution is 0.202. The summed E-state index contributed by atoms with van der Waals surface area (Å²) in [6.07, 6.45) is 0. The number of urea groups is 1. The summed E-state index contributed by atoms with van der Waals surface area (Å²) in [4.78, 5) is 19.0. The maximum absolute atomic E-state index is 14.4. The number of carbonyl (C=O) groups is 1. The number of hydrogen-bond acceptors (Lipinski definition) is 4. The zero-order chi connectivity index (χ0) is 24.5. The summed E-state index contributed by atoms with van der Waals surface area (Å²) < 4.78 is 34.0. The van der Waals surface area contributed by atoms with Crippen molar-refractivity contribution in [3.63, 3.8) is 0 Å². The Bertz CT molecular complexity index is 1450. The van der Waals surface area contributed by atoms with E-state index in [4.69, 9.17) is 16.1 Å². The molecule has 0 aliphatic carbocycles. The van der Waals surface area contributed by atoms with Gasteiger partial charge in [0.15, 0.2) is 0 Å². The van der Waals surface area contributed by atoms with Crippen LogP contribution >= 0.6 is 11.6 Å². The Morgan fingerprint density at radius 3 is 2.63 bits per heavy atom. The summed E-state index contributed by atoms with van der Waals surface area (Å²) in [5.41, 5.74) is 2.45. The van der Waals surface area contributed by atoms with Crippen LogP contribution < -0.4 is 5.32 Å². The highest BCUT2D eigenvalue weighted by molar-refractivity contribution is 6.30. The number of nitrogens with one attached hydrogen (secondary N) is 1. The third kappa shape index (κ3) is 4.52. The molecule has 0 bridgehead atoms. The maximum Gasteiger partial charge on any atom is 0.322 e. The molecule has 1 aliphatic heterocycles. The molecule has 9 heteroatoms. The summed E-state index contributed by atoms with van der Waals surface area (Å²) in [6, 6.07) is 17.9. The Hall–Kier alpha value is -4.04. The van der Waals surface area contributed by atoms with Crippen molar-refractivity contribution in [2.24, 2.45) is 0 Å². The first-order valence-electron chi connectivity index (χ1n) is 10.8. The molecular weight excluding hydrogens is 474 g/mol. The molecule has 1 N–H and O–H groups in total. The van der Waals surface area contributed by atoms with Crippen molar-refractivity contribution in [1.82, 2.24) is 20.4 Å². The van der Waals surface area contributed by atoms with Crippen LogP contribution in [0.3, 0.4) is 0 Å². The number of benzene rings is 3. The first-order valence-corrected chi connectivity index (χ1v) is 11.2. The van der Waals surface area contributed by atoms with Crippen molar-refractivity contribution < 1.29 is 18.1 Å². The number of rotatable bonds is 5. The number of hydrogen-bond donors (Lipinski definition) is 1.